The van der Waals surface area contributed by atoms with Gasteiger partial charge >= 0.3 is 0 Å². The maximum Gasteiger partial charge on any atom is 0.118 e. The van der Waals surface area contributed by atoms with Crippen molar-refractivity contribution in [2.45, 2.75) is 76.7 Å². The standard InChI is InChI=1S/C32H41N5/c1-32(2)24-14-8-12-22-23-13-9-17-33-30(23)37(28(22)24)31-25(32)18-20(19-34-31)29-35-26-15-6-7-16-27(26)36(29)21-10-4-3-5-11-21/h3-7,10-11,15-16,20,22-25,28,30-31,33-34H,8-9,12-14,17-19H2,1-2H3. The van der Waals surface area contributed by atoms with E-state index in [4.69, 9.17) is 4.98 Å². The molecular formula is C32H41N5. The van der Waals surface area contributed by atoms with E-state index in [1.54, 1.807) is 0 Å². The Bertz CT molecular complexity index is 1300. The molecule has 8 unspecified atom stereocenters. The number of aromatic nitrogens is 2. The van der Waals surface area contributed by atoms with E-state index in [2.05, 4.69) is 88.5 Å². The van der Waals surface area contributed by atoms with Crippen LogP contribution in [-0.4, -0.2) is 45.9 Å². The molecule has 2 N–H and O–H groups in total. The average molecular weight is 496 g/mol. The van der Waals surface area contributed by atoms with Gasteiger partial charge in [0, 0.05) is 24.2 Å². The van der Waals surface area contributed by atoms with Gasteiger partial charge in [0.1, 0.15) is 5.82 Å². The van der Waals surface area contributed by atoms with E-state index in [1.165, 1.54) is 62.1 Å². The van der Waals surface area contributed by atoms with Crippen molar-refractivity contribution in [2.75, 3.05) is 13.1 Å². The van der Waals surface area contributed by atoms with Crippen molar-refractivity contribution in [2.24, 2.45) is 29.1 Å². The average Bonchev–Trinajstić information content (AvgIpc) is 3.49. The van der Waals surface area contributed by atoms with E-state index in [0.29, 0.717) is 29.6 Å². The molecule has 0 bridgehead atoms. The molecule has 37 heavy (non-hydrogen) atoms. The molecule has 5 aliphatic rings. The summed E-state index contributed by atoms with van der Waals surface area (Å²) in [6.45, 7) is 7.43. The Labute approximate surface area is 221 Å². The Kier molecular flexibility index (Phi) is 5.16. The first kappa shape index (κ1) is 22.7. The fourth-order valence-corrected chi connectivity index (χ4v) is 9.72. The van der Waals surface area contributed by atoms with E-state index in [9.17, 15) is 0 Å². The van der Waals surface area contributed by atoms with Crippen molar-refractivity contribution in [3.05, 3.63) is 60.4 Å². The van der Waals surface area contributed by atoms with Crippen LogP contribution in [0.3, 0.4) is 0 Å². The zero-order valence-corrected chi connectivity index (χ0v) is 22.3. The van der Waals surface area contributed by atoms with E-state index in [-0.39, 0.29) is 0 Å². The lowest BCUT2D eigenvalue weighted by atomic mass is 9.54. The molecular weight excluding hydrogens is 454 g/mol. The van der Waals surface area contributed by atoms with Gasteiger partial charge in [-0.3, -0.25) is 9.47 Å². The van der Waals surface area contributed by atoms with Crippen LogP contribution in [0.1, 0.15) is 64.1 Å². The first-order chi connectivity index (χ1) is 18.1. The summed E-state index contributed by atoms with van der Waals surface area (Å²) in [5.74, 6) is 4.79. The Morgan fingerprint density at radius 2 is 1.65 bits per heavy atom. The van der Waals surface area contributed by atoms with Crippen molar-refractivity contribution in [3.63, 3.8) is 0 Å². The maximum atomic E-state index is 5.29. The lowest BCUT2D eigenvalue weighted by Crippen LogP contribution is -2.71. The summed E-state index contributed by atoms with van der Waals surface area (Å²) in [7, 11) is 0. The highest BCUT2D eigenvalue weighted by Crippen LogP contribution is 2.61. The normalized spacial score (nSPS) is 38.6. The van der Waals surface area contributed by atoms with E-state index in [0.717, 1.165) is 35.9 Å². The van der Waals surface area contributed by atoms with Gasteiger partial charge in [-0.05, 0) is 92.0 Å². The van der Waals surface area contributed by atoms with Crippen LogP contribution in [0.15, 0.2) is 54.6 Å². The minimum absolute atomic E-state index is 0.327. The second kappa shape index (κ2) is 8.39. The fourth-order valence-electron chi connectivity index (χ4n) is 9.72. The van der Waals surface area contributed by atoms with Crippen LogP contribution >= 0.6 is 0 Å². The third-order valence-corrected chi connectivity index (χ3v) is 11.3. The summed E-state index contributed by atoms with van der Waals surface area (Å²) in [6, 6.07) is 20.3. The predicted octanol–water partition coefficient (Wildman–Crippen LogP) is 5.51. The molecule has 5 heterocycles. The van der Waals surface area contributed by atoms with E-state index >= 15 is 0 Å². The summed E-state index contributed by atoms with van der Waals surface area (Å²) < 4.78 is 2.44. The summed E-state index contributed by atoms with van der Waals surface area (Å²) in [5, 5.41) is 8.19. The summed E-state index contributed by atoms with van der Waals surface area (Å²) in [6.07, 6.45) is 9.30. The van der Waals surface area contributed by atoms with Crippen LogP contribution in [0.4, 0.5) is 0 Å². The van der Waals surface area contributed by atoms with Crippen molar-refractivity contribution in [3.8, 4) is 5.69 Å². The highest BCUT2D eigenvalue weighted by molar-refractivity contribution is 5.78. The van der Waals surface area contributed by atoms with Gasteiger partial charge in [-0.25, -0.2) is 4.98 Å². The number of rotatable bonds is 2. The molecule has 3 aromatic rings. The van der Waals surface area contributed by atoms with Gasteiger partial charge in [-0.15, -0.1) is 0 Å². The predicted molar refractivity (Wildman–Crippen MR) is 148 cm³/mol. The van der Waals surface area contributed by atoms with Gasteiger partial charge < -0.3 is 10.6 Å². The first-order valence-corrected chi connectivity index (χ1v) is 14.9. The third-order valence-electron chi connectivity index (χ3n) is 11.3. The Balaban J connectivity index is 1.20. The molecule has 5 heteroatoms. The number of nitrogens with one attached hydrogen (secondary N) is 2. The molecule has 4 saturated heterocycles. The number of para-hydroxylation sites is 3. The highest BCUT2D eigenvalue weighted by atomic mass is 15.4. The lowest BCUT2D eigenvalue weighted by molar-refractivity contribution is -0.136. The molecule has 1 saturated carbocycles. The Morgan fingerprint density at radius 3 is 2.54 bits per heavy atom. The zero-order valence-electron chi connectivity index (χ0n) is 22.3. The second-order valence-electron chi connectivity index (χ2n) is 13.2. The largest absolute Gasteiger partial charge is 0.301 e. The van der Waals surface area contributed by atoms with E-state index < -0.39 is 0 Å². The maximum absolute atomic E-state index is 5.29. The Morgan fingerprint density at radius 1 is 0.838 bits per heavy atom. The van der Waals surface area contributed by atoms with Gasteiger partial charge in [0.15, 0.2) is 0 Å². The minimum atomic E-state index is 0.327. The zero-order chi connectivity index (χ0) is 24.7. The monoisotopic (exact) mass is 495 g/mol. The van der Waals surface area contributed by atoms with Crippen molar-refractivity contribution in [1.29, 1.82) is 0 Å². The number of fused-ring (bicyclic) bond motifs is 6. The van der Waals surface area contributed by atoms with Crippen LogP contribution in [0.2, 0.25) is 0 Å². The molecule has 4 aliphatic heterocycles. The van der Waals surface area contributed by atoms with Crippen LogP contribution in [0, 0.1) is 29.1 Å². The fraction of sp³-hybridized carbons (Fsp3) is 0.594. The molecule has 2 aromatic carbocycles. The molecule has 5 fully saturated rings. The number of piperidine rings is 3. The number of nitrogens with zero attached hydrogens (tertiary/aromatic N) is 3. The van der Waals surface area contributed by atoms with Crippen LogP contribution in [-0.2, 0) is 0 Å². The molecule has 194 valence electrons. The number of benzene rings is 2. The van der Waals surface area contributed by atoms with Crippen molar-refractivity contribution >= 4 is 11.0 Å². The first-order valence-electron chi connectivity index (χ1n) is 14.9. The van der Waals surface area contributed by atoms with Gasteiger partial charge in [-0.2, -0.15) is 0 Å². The molecule has 0 amide bonds. The topological polar surface area (TPSA) is 45.1 Å². The summed E-state index contributed by atoms with van der Waals surface area (Å²) in [5.41, 5.74) is 3.88. The molecule has 8 atom stereocenters. The highest BCUT2D eigenvalue weighted by Gasteiger charge is 2.64. The SMILES string of the molecule is CC1(C)C2CC(c3nc4ccccc4n3-c3ccccc3)CNC2N2C3NCCCC3C3CCCC1C32. The molecule has 0 spiro atoms. The quantitative estimate of drug-likeness (QED) is 0.492. The number of imidazole rings is 1. The Hall–Kier alpha value is -2.21. The van der Waals surface area contributed by atoms with E-state index in [1.807, 2.05) is 0 Å². The van der Waals surface area contributed by atoms with Crippen molar-refractivity contribution < 1.29 is 0 Å². The third kappa shape index (κ3) is 3.23. The van der Waals surface area contributed by atoms with Crippen LogP contribution < -0.4 is 10.6 Å². The van der Waals surface area contributed by atoms with Gasteiger partial charge in [0.05, 0.1) is 23.4 Å². The molecule has 1 aromatic heterocycles. The summed E-state index contributed by atoms with van der Waals surface area (Å²) in [4.78, 5) is 8.28. The molecule has 5 nitrogen and oxygen atoms in total. The van der Waals surface area contributed by atoms with Gasteiger partial charge in [-0.1, -0.05) is 50.6 Å². The van der Waals surface area contributed by atoms with Gasteiger partial charge in [0.25, 0.3) is 0 Å². The number of hydrogen-bond acceptors (Lipinski definition) is 4. The molecule has 8 rings (SSSR count). The van der Waals surface area contributed by atoms with Crippen LogP contribution in [0.25, 0.3) is 16.7 Å². The minimum Gasteiger partial charge on any atom is -0.301 e. The number of hydrogen-bond donors (Lipinski definition) is 2. The van der Waals surface area contributed by atoms with Crippen molar-refractivity contribution in [1.82, 2.24) is 25.1 Å². The smallest absolute Gasteiger partial charge is 0.118 e. The lowest BCUT2D eigenvalue weighted by Gasteiger charge is -2.62. The molecule has 1 aliphatic carbocycles. The second-order valence-corrected chi connectivity index (χ2v) is 13.2. The van der Waals surface area contributed by atoms with Gasteiger partial charge in [0.2, 0.25) is 0 Å². The van der Waals surface area contributed by atoms with Crippen LogP contribution in [0.5, 0.6) is 0 Å². The summed E-state index contributed by atoms with van der Waals surface area (Å²) >= 11 is 0. The molecule has 0 radical (unpaired) electrons.